The number of urea groups is 1. The molecular weight excluding hydrogens is 527 g/mol. The largest absolute Gasteiger partial charge is 0.573 e. The van der Waals surface area contributed by atoms with Crippen molar-refractivity contribution in [1.82, 2.24) is 10.6 Å². The number of halogens is 7. The second-order valence-corrected chi connectivity index (χ2v) is 10.0. The molecule has 1 aromatic carbocycles. The van der Waals surface area contributed by atoms with E-state index in [1.54, 1.807) is 0 Å². The smallest absolute Gasteiger partial charge is 0.406 e. The average molecular weight is 558 g/mol. The van der Waals surface area contributed by atoms with Gasteiger partial charge in [0.15, 0.2) is 5.60 Å². The van der Waals surface area contributed by atoms with Crippen LogP contribution in [0.4, 0.5) is 41.2 Å². The highest BCUT2D eigenvalue weighted by Gasteiger charge is 2.67. The van der Waals surface area contributed by atoms with E-state index in [4.69, 9.17) is 9.47 Å². The van der Waals surface area contributed by atoms with Crippen LogP contribution >= 0.6 is 0 Å². The Labute approximate surface area is 214 Å². The third-order valence-corrected chi connectivity index (χ3v) is 7.34. The fourth-order valence-corrected chi connectivity index (χ4v) is 5.40. The Morgan fingerprint density at radius 3 is 2.34 bits per heavy atom. The first kappa shape index (κ1) is 28.7. The number of anilines is 1. The first-order valence-electron chi connectivity index (χ1n) is 12.5. The summed E-state index contributed by atoms with van der Waals surface area (Å²) in [7, 11) is 0. The Hall–Kier alpha value is -2.32. The number of rotatable bonds is 6. The first-order chi connectivity index (χ1) is 17.8. The molecule has 1 aliphatic carbocycles. The van der Waals surface area contributed by atoms with Crippen LogP contribution in [0, 0.1) is 5.92 Å². The van der Waals surface area contributed by atoms with Crippen LogP contribution in [0.5, 0.6) is 5.75 Å². The predicted molar refractivity (Wildman–Crippen MR) is 121 cm³/mol. The Balaban J connectivity index is 1.42. The summed E-state index contributed by atoms with van der Waals surface area (Å²) in [5.74, 6) is -1.68. The number of benzene rings is 1. The van der Waals surface area contributed by atoms with Gasteiger partial charge in [-0.05, 0) is 63.3 Å². The fourth-order valence-electron chi connectivity index (χ4n) is 5.40. The molecule has 5 unspecified atom stereocenters. The van der Waals surface area contributed by atoms with Crippen LogP contribution < -0.4 is 20.7 Å². The molecule has 7 atom stereocenters. The molecule has 0 radical (unpaired) electrons. The summed E-state index contributed by atoms with van der Waals surface area (Å²) >= 11 is 0. The molecule has 1 saturated carbocycles. The van der Waals surface area contributed by atoms with Gasteiger partial charge in [0.1, 0.15) is 18.1 Å². The van der Waals surface area contributed by atoms with Crippen LogP contribution in [0.2, 0.25) is 0 Å². The van der Waals surface area contributed by atoms with E-state index < -0.39 is 60.4 Å². The van der Waals surface area contributed by atoms with E-state index in [9.17, 15) is 35.5 Å². The highest BCUT2D eigenvalue weighted by molar-refractivity contribution is 5.89. The zero-order valence-corrected chi connectivity index (χ0v) is 20.5. The number of carbonyl (C=O) groups is 1. The maximum absolute atomic E-state index is 14.3. The van der Waals surface area contributed by atoms with Gasteiger partial charge in [0.05, 0.1) is 18.8 Å². The fraction of sp³-hybridized carbons (Fsp3) is 0.708. The highest BCUT2D eigenvalue weighted by Crippen LogP contribution is 2.53. The zero-order chi connectivity index (χ0) is 27.7. The lowest BCUT2D eigenvalue weighted by molar-refractivity contribution is -0.360. The summed E-state index contributed by atoms with van der Waals surface area (Å²) in [4.78, 5) is 12.6. The molecule has 2 aliphatic heterocycles. The van der Waals surface area contributed by atoms with Gasteiger partial charge >= 0.3 is 18.6 Å². The molecule has 14 heteroatoms. The second kappa shape index (κ2) is 11.0. The van der Waals surface area contributed by atoms with Gasteiger partial charge in [0, 0.05) is 24.1 Å². The van der Waals surface area contributed by atoms with E-state index >= 15 is 0 Å². The van der Waals surface area contributed by atoms with Gasteiger partial charge in [-0.3, -0.25) is 5.32 Å². The summed E-state index contributed by atoms with van der Waals surface area (Å²) in [6.45, 7) is 1.81. The molecule has 2 saturated heterocycles. The molecule has 2 heterocycles. The van der Waals surface area contributed by atoms with E-state index in [-0.39, 0.29) is 44.0 Å². The molecule has 2 amide bonds. The Morgan fingerprint density at radius 2 is 1.76 bits per heavy atom. The molecule has 0 aromatic heterocycles. The number of nitrogens with one attached hydrogen (secondary N) is 3. The molecule has 7 nitrogen and oxygen atoms in total. The summed E-state index contributed by atoms with van der Waals surface area (Å²) in [5, 5.41) is 8.39. The van der Waals surface area contributed by atoms with Crippen molar-refractivity contribution >= 4 is 11.7 Å². The molecule has 38 heavy (non-hydrogen) atoms. The SMILES string of the molecule is CC1CCC(NC(=O)Nc2ccc(OC(F)(F)F)cc2)C(O[C@@H]2CCC(F)CC2[C@@]2(C(F)(F)F)CCO2)N1. The number of piperidine rings is 1. The van der Waals surface area contributed by atoms with Crippen LogP contribution in [0.1, 0.15) is 45.4 Å². The molecule has 0 bridgehead atoms. The number of hydrogen-bond donors (Lipinski definition) is 3. The van der Waals surface area contributed by atoms with Crippen LogP contribution in [-0.4, -0.2) is 61.4 Å². The topological polar surface area (TPSA) is 80.9 Å². The molecule has 1 aromatic rings. The van der Waals surface area contributed by atoms with Crippen molar-refractivity contribution in [3.63, 3.8) is 0 Å². The summed E-state index contributed by atoms with van der Waals surface area (Å²) < 4.78 is 108. The van der Waals surface area contributed by atoms with Crippen molar-refractivity contribution in [2.45, 2.75) is 94.2 Å². The van der Waals surface area contributed by atoms with Crippen molar-refractivity contribution in [3.05, 3.63) is 24.3 Å². The number of hydrogen-bond acceptors (Lipinski definition) is 5. The quantitative estimate of drug-likeness (QED) is 0.408. The highest BCUT2D eigenvalue weighted by atomic mass is 19.4. The third-order valence-electron chi connectivity index (χ3n) is 7.34. The zero-order valence-electron chi connectivity index (χ0n) is 20.5. The van der Waals surface area contributed by atoms with Crippen molar-refractivity contribution in [2.75, 3.05) is 11.9 Å². The van der Waals surface area contributed by atoms with Crippen molar-refractivity contribution < 1.29 is 49.7 Å². The lowest BCUT2D eigenvalue weighted by Crippen LogP contribution is -2.66. The van der Waals surface area contributed by atoms with Gasteiger partial charge in [-0.1, -0.05) is 0 Å². The van der Waals surface area contributed by atoms with E-state index in [1.165, 1.54) is 12.1 Å². The van der Waals surface area contributed by atoms with E-state index in [0.29, 0.717) is 12.8 Å². The molecule has 3 aliphatic rings. The third kappa shape index (κ3) is 6.63. The lowest BCUT2D eigenvalue weighted by Gasteiger charge is -2.53. The summed E-state index contributed by atoms with van der Waals surface area (Å²) in [6.07, 6.45) is -12.1. The van der Waals surface area contributed by atoms with Gasteiger partial charge in [-0.2, -0.15) is 13.2 Å². The average Bonchev–Trinajstić information content (AvgIpc) is 2.76. The molecule has 214 valence electrons. The minimum atomic E-state index is -4.85. The number of ether oxygens (including phenoxy) is 3. The minimum absolute atomic E-state index is 0.0465. The number of alkyl halides is 7. The second-order valence-electron chi connectivity index (χ2n) is 10.0. The van der Waals surface area contributed by atoms with Crippen molar-refractivity contribution in [2.24, 2.45) is 5.92 Å². The van der Waals surface area contributed by atoms with Crippen LogP contribution in [-0.2, 0) is 9.47 Å². The maximum atomic E-state index is 14.3. The number of amides is 2. The van der Waals surface area contributed by atoms with E-state index in [0.717, 1.165) is 12.1 Å². The normalized spacial score (nSPS) is 34.2. The van der Waals surface area contributed by atoms with Gasteiger partial charge in [0.25, 0.3) is 0 Å². The van der Waals surface area contributed by atoms with Crippen LogP contribution in [0.15, 0.2) is 24.3 Å². The molecule has 0 spiro atoms. The van der Waals surface area contributed by atoms with Gasteiger partial charge in [-0.15, -0.1) is 13.2 Å². The molecule has 4 rings (SSSR count). The van der Waals surface area contributed by atoms with Crippen LogP contribution in [0.3, 0.4) is 0 Å². The Bertz CT molecular complexity index is 956. The minimum Gasteiger partial charge on any atom is -0.406 e. The van der Waals surface area contributed by atoms with E-state index in [2.05, 4.69) is 20.7 Å². The molecule has 3 fully saturated rings. The monoisotopic (exact) mass is 557 g/mol. The van der Waals surface area contributed by atoms with Crippen molar-refractivity contribution in [3.8, 4) is 5.75 Å². The lowest BCUT2D eigenvalue weighted by atomic mass is 9.70. The van der Waals surface area contributed by atoms with Crippen molar-refractivity contribution in [1.29, 1.82) is 0 Å². The summed E-state index contributed by atoms with van der Waals surface area (Å²) in [6, 6.07) is 3.18. The Morgan fingerprint density at radius 1 is 1.08 bits per heavy atom. The van der Waals surface area contributed by atoms with Gasteiger partial charge in [-0.25, -0.2) is 9.18 Å². The standard InChI is InChI=1S/C24H30F7N3O4/c1-13-2-8-18(34-21(35)33-15-4-6-16(7-5-15)38-24(29,30)31)20(32-13)37-19-9-3-14(25)12-17(19)22(10-11-36-22)23(26,27)28/h4-7,13-14,17-20,32H,2-3,8-12H2,1H3,(H2,33,34,35)/t13?,14?,17?,18?,19-,20?,22-/m1/s1. The van der Waals surface area contributed by atoms with Gasteiger partial charge < -0.3 is 24.8 Å². The molecule has 3 N–H and O–H groups in total. The first-order valence-corrected chi connectivity index (χ1v) is 12.5. The Kier molecular flexibility index (Phi) is 8.34. The van der Waals surface area contributed by atoms with E-state index in [1.807, 2.05) is 6.92 Å². The van der Waals surface area contributed by atoms with Gasteiger partial charge in [0.2, 0.25) is 0 Å². The number of carbonyl (C=O) groups excluding carboxylic acids is 1. The maximum Gasteiger partial charge on any atom is 0.573 e. The van der Waals surface area contributed by atoms with Crippen LogP contribution in [0.25, 0.3) is 0 Å². The summed E-state index contributed by atoms with van der Waals surface area (Å²) in [5.41, 5.74) is -2.26. The predicted octanol–water partition coefficient (Wildman–Crippen LogP) is 5.42. The molecular formula is C24H30F7N3O4.